The highest BCUT2D eigenvalue weighted by atomic mass is 19.4. The van der Waals surface area contributed by atoms with Crippen LogP contribution < -0.4 is 0 Å². The third-order valence-corrected chi connectivity index (χ3v) is 7.29. The van der Waals surface area contributed by atoms with Gasteiger partial charge < -0.3 is 5.11 Å². The molecule has 0 amide bonds. The summed E-state index contributed by atoms with van der Waals surface area (Å²) in [6.45, 7) is 2.73. The minimum absolute atomic E-state index is 0.139. The second-order valence-corrected chi connectivity index (χ2v) is 9.81. The summed E-state index contributed by atoms with van der Waals surface area (Å²) in [5.74, 6) is -0.921. The average molecular weight is 552 g/mol. The number of rotatable bonds is 7. The molecule has 1 aliphatic heterocycles. The molecule has 39 heavy (non-hydrogen) atoms. The lowest BCUT2D eigenvalue weighted by Crippen LogP contribution is -2.55. The summed E-state index contributed by atoms with van der Waals surface area (Å²) >= 11 is 0. The van der Waals surface area contributed by atoms with E-state index in [9.17, 15) is 36.2 Å². The van der Waals surface area contributed by atoms with Crippen LogP contribution in [-0.4, -0.2) is 63.9 Å². The van der Waals surface area contributed by atoms with Crippen LogP contribution in [0.2, 0.25) is 0 Å². The van der Waals surface area contributed by atoms with Crippen LogP contribution in [0.5, 0.6) is 0 Å². The van der Waals surface area contributed by atoms with E-state index < -0.39 is 35.3 Å². The molecule has 0 spiro atoms. The molecule has 2 aromatic carbocycles. The monoisotopic (exact) mass is 551 g/mol. The first kappa shape index (κ1) is 28.6. The fourth-order valence-corrected chi connectivity index (χ4v) is 4.71. The van der Waals surface area contributed by atoms with Crippen LogP contribution in [0.15, 0.2) is 73.1 Å². The number of benzene rings is 2. The van der Waals surface area contributed by atoms with Crippen LogP contribution in [0.1, 0.15) is 23.6 Å². The molecule has 0 saturated carbocycles. The number of carbonyl (C=O) groups is 1. The van der Waals surface area contributed by atoms with Gasteiger partial charge in [-0.2, -0.15) is 26.3 Å². The van der Waals surface area contributed by atoms with E-state index in [0.29, 0.717) is 43.9 Å². The van der Waals surface area contributed by atoms with Crippen LogP contribution in [-0.2, 0) is 23.3 Å². The molecule has 0 aliphatic carbocycles. The third kappa shape index (κ3) is 6.09. The lowest BCUT2D eigenvalue weighted by atomic mass is 9.80. The lowest BCUT2D eigenvalue weighted by Gasteiger charge is -2.39. The van der Waals surface area contributed by atoms with Gasteiger partial charge in [0, 0.05) is 45.1 Å². The Bertz CT molecular complexity index is 1250. The number of alkyl halides is 6. The molecule has 5 nitrogen and oxygen atoms in total. The Hall–Kier alpha value is -3.44. The maximum atomic E-state index is 13.4. The van der Waals surface area contributed by atoms with Crippen LogP contribution in [0.25, 0.3) is 11.1 Å². The van der Waals surface area contributed by atoms with Gasteiger partial charge in [0.1, 0.15) is 6.04 Å². The van der Waals surface area contributed by atoms with E-state index in [1.54, 1.807) is 36.7 Å². The number of aromatic nitrogens is 1. The first-order chi connectivity index (χ1) is 18.3. The number of nitrogens with zero attached hydrogens (tertiary/aromatic N) is 3. The van der Waals surface area contributed by atoms with Crippen molar-refractivity contribution >= 4 is 5.97 Å². The highest BCUT2D eigenvalue weighted by Gasteiger charge is 2.68. The van der Waals surface area contributed by atoms with Crippen LogP contribution in [0.4, 0.5) is 26.3 Å². The molecule has 1 aromatic heterocycles. The summed E-state index contributed by atoms with van der Waals surface area (Å²) < 4.78 is 80.3. The van der Waals surface area contributed by atoms with Crippen molar-refractivity contribution in [2.75, 3.05) is 19.6 Å². The molecule has 1 saturated heterocycles. The number of hydrogen-bond acceptors (Lipinski definition) is 4. The smallest absolute Gasteiger partial charge is 0.406 e. The molecule has 0 bridgehead atoms. The van der Waals surface area contributed by atoms with E-state index in [1.807, 2.05) is 17.0 Å². The van der Waals surface area contributed by atoms with Crippen molar-refractivity contribution < 1.29 is 36.2 Å². The summed E-state index contributed by atoms with van der Waals surface area (Å²) in [7, 11) is 0. The first-order valence-corrected chi connectivity index (χ1v) is 12.2. The number of hydrogen-bond donors (Lipinski definition) is 1. The molecule has 11 heteroatoms. The van der Waals surface area contributed by atoms with Crippen molar-refractivity contribution in [3.63, 3.8) is 0 Å². The van der Waals surface area contributed by atoms with E-state index in [2.05, 4.69) is 9.88 Å². The summed E-state index contributed by atoms with van der Waals surface area (Å²) in [4.78, 5) is 20.0. The van der Waals surface area contributed by atoms with Gasteiger partial charge >= 0.3 is 18.3 Å². The van der Waals surface area contributed by atoms with Crippen molar-refractivity contribution in [3.8, 4) is 11.1 Å². The fraction of sp³-hybridized carbons (Fsp3) is 0.357. The third-order valence-electron chi connectivity index (χ3n) is 7.29. The zero-order valence-corrected chi connectivity index (χ0v) is 21.0. The summed E-state index contributed by atoms with van der Waals surface area (Å²) in [5, 5.41) is 9.82. The van der Waals surface area contributed by atoms with Gasteiger partial charge in [0.15, 0.2) is 5.41 Å². The number of piperazine rings is 1. The van der Waals surface area contributed by atoms with Crippen LogP contribution in [0, 0.1) is 0 Å². The minimum atomic E-state index is -5.51. The average Bonchev–Trinajstić information content (AvgIpc) is 2.89. The molecule has 0 radical (unpaired) electrons. The second kappa shape index (κ2) is 11.0. The van der Waals surface area contributed by atoms with Crippen molar-refractivity contribution in [2.24, 2.45) is 0 Å². The van der Waals surface area contributed by atoms with Crippen molar-refractivity contribution in [3.05, 3.63) is 89.7 Å². The summed E-state index contributed by atoms with van der Waals surface area (Å²) in [5.41, 5.74) is -1.90. The zero-order valence-electron chi connectivity index (χ0n) is 21.0. The van der Waals surface area contributed by atoms with E-state index >= 15 is 0 Å². The minimum Gasteiger partial charge on any atom is -0.480 e. The Morgan fingerprint density at radius 2 is 1.33 bits per heavy atom. The van der Waals surface area contributed by atoms with Crippen molar-refractivity contribution in [1.82, 2.24) is 14.8 Å². The van der Waals surface area contributed by atoms with Gasteiger partial charge in [0.2, 0.25) is 0 Å². The van der Waals surface area contributed by atoms with E-state index in [-0.39, 0.29) is 6.92 Å². The number of pyridine rings is 1. The van der Waals surface area contributed by atoms with Gasteiger partial charge in [-0.3, -0.25) is 19.6 Å². The molecule has 1 unspecified atom stereocenters. The van der Waals surface area contributed by atoms with Gasteiger partial charge in [-0.05, 0) is 46.9 Å². The summed E-state index contributed by atoms with van der Waals surface area (Å²) in [6.07, 6.45) is -7.62. The molecule has 1 atom stereocenters. The maximum Gasteiger partial charge on any atom is 0.406 e. The Kier molecular flexibility index (Phi) is 8.04. The molecule has 2 heterocycles. The predicted octanol–water partition coefficient (Wildman–Crippen LogP) is 5.90. The number of halogens is 6. The highest BCUT2D eigenvalue weighted by molar-refractivity contribution is 5.74. The van der Waals surface area contributed by atoms with Crippen LogP contribution >= 0.6 is 0 Å². The Balaban J connectivity index is 1.44. The Labute approximate surface area is 221 Å². The normalized spacial score (nSPS) is 17.8. The Morgan fingerprint density at radius 1 is 0.821 bits per heavy atom. The quantitative estimate of drug-likeness (QED) is 0.371. The largest absolute Gasteiger partial charge is 0.480 e. The van der Waals surface area contributed by atoms with Gasteiger partial charge in [0.25, 0.3) is 0 Å². The van der Waals surface area contributed by atoms with Gasteiger partial charge in [-0.1, -0.05) is 48.5 Å². The molecule has 208 valence electrons. The van der Waals surface area contributed by atoms with E-state index in [1.165, 1.54) is 12.1 Å². The van der Waals surface area contributed by atoms with Crippen molar-refractivity contribution in [2.45, 2.75) is 43.8 Å². The molecule has 1 fully saturated rings. The maximum absolute atomic E-state index is 13.4. The molecular formula is C28H27F6N3O2. The van der Waals surface area contributed by atoms with Crippen LogP contribution in [0.3, 0.4) is 0 Å². The molecular weight excluding hydrogens is 524 g/mol. The molecule has 4 rings (SSSR count). The number of carboxylic acid groups (broad SMARTS) is 1. The second-order valence-electron chi connectivity index (χ2n) is 9.81. The topological polar surface area (TPSA) is 56.7 Å². The predicted molar refractivity (Wildman–Crippen MR) is 133 cm³/mol. The van der Waals surface area contributed by atoms with Gasteiger partial charge in [0.05, 0.1) is 0 Å². The summed E-state index contributed by atoms with van der Waals surface area (Å²) in [6, 6.07) is 14.3. The molecule has 3 aromatic rings. The van der Waals surface area contributed by atoms with E-state index in [0.717, 1.165) is 23.3 Å². The zero-order chi connectivity index (χ0) is 28.4. The molecule has 1 aliphatic rings. The lowest BCUT2D eigenvalue weighted by molar-refractivity contribution is -0.297. The van der Waals surface area contributed by atoms with Crippen molar-refractivity contribution in [1.29, 1.82) is 0 Å². The van der Waals surface area contributed by atoms with E-state index in [4.69, 9.17) is 0 Å². The highest BCUT2D eigenvalue weighted by Crippen LogP contribution is 2.51. The van der Waals surface area contributed by atoms with Gasteiger partial charge in [-0.25, -0.2) is 0 Å². The Morgan fingerprint density at radius 3 is 1.85 bits per heavy atom. The fourth-order valence-electron chi connectivity index (χ4n) is 4.71. The number of aliphatic carboxylic acids is 1. The first-order valence-electron chi connectivity index (χ1n) is 12.2. The number of carboxylic acids is 1. The standard InChI is InChI=1S/C28H27F6N3O2/c1-26(27(29,30)31,28(32,33)34)23-8-6-22(7-9-23)21-4-2-19(3-5-21)17-37-15-14-36(18-24(37)25(38)39)16-20-10-12-35-13-11-20/h2-13,24H,14-18H2,1H3,(H,38,39). The van der Waals surface area contributed by atoms with Gasteiger partial charge in [-0.15, -0.1) is 0 Å². The SMILES string of the molecule is CC(c1ccc(-c2ccc(CN3CCN(Cc4ccncc4)CC3C(=O)O)cc2)cc1)(C(F)(F)F)C(F)(F)F. The molecule has 1 N–H and O–H groups in total.